The Hall–Kier alpha value is -3.03. The molecule has 0 spiro atoms. The number of likely N-dealkylation sites (tertiary alicyclic amines) is 1. The van der Waals surface area contributed by atoms with Gasteiger partial charge in [-0.2, -0.15) is 4.98 Å². The van der Waals surface area contributed by atoms with Crippen LogP contribution in [0.5, 0.6) is 0 Å². The van der Waals surface area contributed by atoms with Crippen LogP contribution >= 0.6 is 0 Å². The van der Waals surface area contributed by atoms with Gasteiger partial charge < -0.3 is 9.42 Å². The highest BCUT2D eigenvalue weighted by molar-refractivity contribution is 5.76. The summed E-state index contributed by atoms with van der Waals surface area (Å²) in [6.45, 7) is 1.56. The van der Waals surface area contributed by atoms with Gasteiger partial charge in [-0.3, -0.25) is 4.79 Å². The van der Waals surface area contributed by atoms with Gasteiger partial charge in [-0.25, -0.2) is 4.68 Å². The molecule has 2 fully saturated rings. The largest absolute Gasteiger partial charge is 0.343 e. The summed E-state index contributed by atoms with van der Waals surface area (Å²) in [6.07, 6.45) is 10.7. The molecule has 2 aromatic heterocycles. The third kappa shape index (κ3) is 4.52. The normalized spacial score (nSPS) is 18.4. The standard InChI is InChI=1S/C23H28N6O2/c30-21(15-17-7-3-1-4-8-17)28-13-11-19(12-14-28)29-16-20(25-27-29)23-24-22(26-31-23)18-9-5-2-6-10-18/h2,5-6,9-10,16-17,19H,1,3-4,7-8,11-15H2. The molecule has 1 saturated carbocycles. The molecule has 3 heterocycles. The summed E-state index contributed by atoms with van der Waals surface area (Å²) in [5.74, 6) is 1.82. The van der Waals surface area contributed by atoms with Crippen molar-refractivity contribution in [2.45, 2.75) is 57.4 Å². The monoisotopic (exact) mass is 420 g/mol. The fraction of sp³-hybridized carbons (Fsp3) is 0.522. The van der Waals surface area contributed by atoms with Crippen LogP contribution in [0.1, 0.15) is 57.4 Å². The number of piperidine rings is 1. The van der Waals surface area contributed by atoms with Crippen molar-refractivity contribution in [3.8, 4) is 23.0 Å². The summed E-state index contributed by atoms with van der Waals surface area (Å²) < 4.78 is 7.28. The molecule has 0 bridgehead atoms. The molecule has 162 valence electrons. The molecule has 1 aliphatic heterocycles. The lowest BCUT2D eigenvalue weighted by molar-refractivity contribution is -0.133. The Morgan fingerprint density at radius 2 is 1.81 bits per heavy atom. The number of carbonyl (C=O) groups is 1. The molecule has 0 radical (unpaired) electrons. The van der Waals surface area contributed by atoms with Gasteiger partial charge >= 0.3 is 0 Å². The van der Waals surface area contributed by atoms with Crippen LogP contribution in [0.3, 0.4) is 0 Å². The van der Waals surface area contributed by atoms with Crippen LogP contribution in [0.15, 0.2) is 41.1 Å². The molecule has 2 aliphatic rings. The van der Waals surface area contributed by atoms with Crippen molar-refractivity contribution in [1.29, 1.82) is 0 Å². The molecule has 0 N–H and O–H groups in total. The fourth-order valence-electron chi connectivity index (χ4n) is 4.73. The van der Waals surface area contributed by atoms with Crippen molar-refractivity contribution >= 4 is 5.91 Å². The number of hydrogen-bond acceptors (Lipinski definition) is 6. The lowest BCUT2D eigenvalue weighted by Crippen LogP contribution is -2.40. The van der Waals surface area contributed by atoms with Gasteiger partial charge in [0.05, 0.1) is 12.2 Å². The zero-order valence-corrected chi connectivity index (χ0v) is 17.7. The predicted molar refractivity (Wildman–Crippen MR) is 115 cm³/mol. The first kappa shape index (κ1) is 19.9. The zero-order chi connectivity index (χ0) is 21.0. The minimum atomic E-state index is 0.233. The van der Waals surface area contributed by atoms with E-state index >= 15 is 0 Å². The van der Waals surface area contributed by atoms with E-state index < -0.39 is 0 Å². The van der Waals surface area contributed by atoms with E-state index in [4.69, 9.17) is 4.52 Å². The molecule has 31 heavy (non-hydrogen) atoms. The van der Waals surface area contributed by atoms with Gasteiger partial charge in [0, 0.05) is 25.1 Å². The summed E-state index contributed by atoms with van der Waals surface area (Å²) in [5.41, 5.74) is 1.47. The number of aromatic nitrogens is 5. The molecular formula is C23H28N6O2. The first-order chi connectivity index (χ1) is 15.3. The molecule has 1 aromatic carbocycles. The molecule has 3 aromatic rings. The highest BCUT2D eigenvalue weighted by Crippen LogP contribution is 2.29. The Bertz CT molecular complexity index is 1000. The van der Waals surface area contributed by atoms with Crippen molar-refractivity contribution in [2.24, 2.45) is 5.92 Å². The first-order valence-electron chi connectivity index (χ1n) is 11.4. The fourth-order valence-corrected chi connectivity index (χ4v) is 4.73. The van der Waals surface area contributed by atoms with Crippen molar-refractivity contribution in [1.82, 2.24) is 30.0 Å². The van der Waals surface area contributed by atoms with E-state index in [2.05, 4.69) is 20.5 Å². The van der Waals surface area contributed by atoms with Crippen LogP contribution in [0.25, 0.3) is 23.0 Å². The highest BCUT2D eigenvalue weighted by Gasteiger charge is 2.27. The highest BCUT2D eigenvalue weighted by atomic mass is 16.5. The molecular weight excluding hydrogens is 392 g/mol. The average Bonchev–Trinajstić information content (AvgIpc) is 3.51. The van der Waals surface area contributed by atoms with Crippen LogP contribution in [-0.2, 0) is 4.79 Å². The maximum atomic E-state index is 12.7. The van der Waals surface area contributed by atoms with E-state index in [0.717, 1.165) is 37.9 Å². The van der Waals surface area contributed by atoms with E-state index in [-0.39, 0.29) is 6.04 Å². The minimum Gasteiger partial charge on any atom is -0.343 e. The Morgan fingerprint density at radius 3 is 2.58 bits per heavy atom. The molecule has 0 unspecified atom stereocenters. The third-order valence-corrected chi connectivity index (χ3v) is 6.57. The third-order valence-electron chi connectivity index (χ3n) is 6.57. The van der Waals surface area contributed by atoms with Gasteiger partial charge in [0.15, 0.2) is 5.69 Å². The summed E-state index contributed by atoms with van der Waals surface area (Å²) in [6, 6.07) is 9.94. The molecule has 1 saturated heterocycles. The molecule has 8 nitrogen and oxygen atoms in total. The second-order valence-corrected chi connectivity index (χ2v) is 8.69. The van der Waals surface area contributed by atoms with Crippen LogP contribution < -0.4 is 0 Å². The van der Waals surface area contributed by atoms with Gasteiger partial charge in [-0.15, -0.1) is 5.10 Å². The van der Waals surface area contributed by atoms with E-state index in [1.54, 1.807) is 0 Å². The van der Waals surface area contributed by atoms with Crippen LogP contribution in [-0.4, -0.2) is 49.0 Å². The van der Waals surface area contributed by atoms with E-state index in [1.807, 2.05) is 46.1 Å². The number of benzene rings is 1. The Labute approximate surface area is 181 Å². The summed E-state index contributed by atoms with van der Waals surface area (Å²) >= 11 is 0. The van der Waals surface area contributed by atoms with Crippen LogP contribution in [0.4, 0.5) is 0 Å². The van der Waals surface area contributed by atoms with E-state index in [9.17, 15) is 4.79 Å². The lowest BCUT2D eigenvalue weighted by atomic mass is 9.86. The summed E-state index contributed by atoms with van der Waals surface area (Å²) in [7, 11) is 0. The van der Waals surface area contributed by atoms with Crippen LogP contribution in [0, 0.1) is 5.92 Å². The number of carbonyl (C=O) groups excluding carboxylic acids is 1. The lowest BCUT2D eigenvalue weighted by Gasteiger charge is -2.33. The molecule has 0 atom stereocenters. The Balaban J connectivity index is 1.18. The Morgan fingerprint density at radius 1 is 1.03 bits per heavy atom. The van der Waals surface area contributed by atoms with Gasteiger partial charge in [0.1, 0.15) is 0 Å². The number of rotatable bonds is 5. The maximum Gasteiger partial charge on any atom is 0.280 e. The Kier molecular flexibility index (Phi) is 5.78. The number of amides is 1. The quantitative estimate of drug-likeness (QED) is 0.616. The number of nitrogens with zero attached hydrogens (tertiary/aromatic N) is 6. The van der Waals surface area contributed by atoms with Crippen molar-refractivity contribution in [3.63, 3.8) is 0 Å². The van der Waals surface area contributed by atoms with Crippen molar-refractivity contribution < 1.29 is 9.32 Å². The number of hydrogen-bond donors (Lipinski definition) is 0. The van der Waals surface area contributed by atoms with E-state index in [1.165, 1.54) is 32.1 Å². The van der Waals surface area contributed by atoms with Gasteiger partial charge in [-0.1, -0.05) is 60.0 Å². The van der Waals surface area contributed by atoms with E-state index in [0.29, 0.717) is 29.2 Å². The SMILES string of the molecule is O=C(CC1CCCCC1)N1CCC(n2cc(-c3nc(-c4ccccc4)no3)nn2)CC1. The van der Waals surface area contributed by atoms with Gasteiger partial charge in [0.2, 0.25) is 11.7 Å². The smallest absolute Gasteiger partial charge is 0.280 e. The zero-order valence-electron chi connectivity index (χ0n) is 17.7. The minimum absolute atomic E-state index is 0.233. The summed E-state index contributed by atoms with van der Waals surface area (Å²) in [5, 5.41) is 12.6. The second kappa shape index (κ2) is 8.99. The molecule has 1 aliphatic carbocycles. The van der Waals surface area contributed by atoms with Crippen molar-refractivity contribution in [3.05, 3.63) is 36.5 Å². The molecule has 5 rings (SSSR count). The van der Waals surface area contributed by atoms with Gasteiger partial charge in [0.25, 0.3) is 5.89 Å². The van der Waals surface area contributed by atoms with Crippen LogP contribution in [0.2, 0.25) is 0 Å². The second-order valence-electron chi connectivity index (χ2n) is 8.69. The summed E-state index contributed by atoms with van der Waals surface area (Å²) in [4.78, 5) is 19.2. The average molecular weight is 421 g/mol. The van der Waals surface area contributed by atoms with Crippen molar-refractivity contribution in [2.75, 3.05) is 13.1 Å². The molecule has 1 amide bonds. The predicted octanol–water partition coefficient (Wildman–Crippen LogP) is 4.13. The van der Waals surface area contributed by atoms with Gasteiger partial charge in [-0.05, 0) is 31.6 Å². The maximum absolute atomic E-state index is 12.7. The first-order valence-corrected chi connectivity index (χ1v) is 11.4. The topological polar surface area (TPSA) is 89.9 Å². The molecule has 8 heteroatoms.